The van der Waals surface area contributed by atoms with Crippen LogP contribution in [0, 0.1) is 6.92 Å². The molecular weight excluding hydrogens is 308 g/mol. The topological polar surface area (TPSA) is 94.1 Å². The third kappa shape index (κ3) is 2.99. The minimum atomic E-state index is -0.312. The normalized spacial score (nSPS) is 10.6. The zero-order chi connectivity index (χ0) is 15.5. The van der Waals surface area contributed by atoms with Crippen molar-refractivity contribution in [2.45, 2.75) is 13.5 Å². The molecule has 7 nitrogen and oxygen atoms in total. The monoisotopic (exact) mass is 318 g/mol. The maximum atomic E-state index is 11.9. The minimum absolute atomic E-state index is 0.132. The number of aromatic nitrogens is 3. The van der Waals surface area contributed by atoms with Crippen LogP contribution in [0.15, 0.2) is 39.5 Å². The van der Waals surface area contributed by atoms with Crippen LogP contribution in [0.25, 0.3) is 11.5 Å². The molecular formula is C14H11ClN4O3. The van der Waals surface area contributed by atoms with E-state index < -0.39 is 0 Å². The van der Waals surface area contributed by atoms with Gasteiger partial charge in [0, 0.05) is 10.6 Å². The number of hydrogen-bond donors (Lipinski definition) is 1. The highest BCUT2D eigenvalue weighted by Crippen LogP contribution is 2.20. The van der Waals surface area contributed by atoms with Crippen LogP contribution < -0.4 is 5.32 Å². The van der Waals surface area contributed by atoms with E-state index in [2.05, 4.69) is 20.6 Å². The van der Waals surface area contributed by atoms with E-state index in [-0.39, 0.29) is 12.5 Å². The predicted molar refractivity (Wildman–Crippen MR) is 77.2 cm³/mol. The average molecular weight is 319 g/mol. The van der Waals surface area contributed by atoms with Crippen LogP contribution in [0.2, 0.25) is 5.02 Å². The summed E-state index contributed by atoms with van der Waals surface area (Å²) in [5, 5.41) is 10.6. The summed E-state index contributed by atoms with van der Waals surface area (Å²) in [7, 11) is 0. The fourth-order valence-electron chi connectivity index (χ4n) is 1.84. The van der Waals surface area contributed by atoms with E-state index in [1.807, 2.05) is 6.07 Å². The zero-order valence-corrected chi connectivity index (χ0v) is 12.3. The molecule has 0 atom stereocenters. The molecule has 22 heavy (non-hydrogen) atoms. The number of carbonyl (C=O) groups excluding carboxylic acids is 1. The molecule has 0 saturated carbocycles. The molecule has 1 N–H and O–H groups in total. The molecule has 0 unspecified atom stereocenters. The Hall–Kier alpha value is -2.67. The largest absolute Gasteiger partial charge is 0.361 e. The lowest BCUT2D eigenvalue weighted by Crippen LogP contribution is -2.23. The Labute approximate surface area is 130 Å². The fourth-order valence-corrected chi connectivity index (χ4v) is 2.03. The third-order valence-corrected chi connectivity index (χ3v) is 3.18. The number of benzene rings is 1. The quantitative estimate of drug-likeness (QED) is 0.794. The molecule has 1 aromatic carbocycles. The number of halogens is 1. The first-order valence-electron chi connectivity index (χ1n) is 6.41. The lowest BCUT2D eigenvalue weighted by Gasteiger charge is -1.99. The van der Waals surface area contributed by atoms with Crippen molar-refractivity contribution in [3.63, 3.8) is 0 Å². The van der Waals surface area contributed by atoms with Gasteiger partial charge < -0.3 is 14.4 Å². The third-order valence-electron chi connectivity index (χ3n) is 2.94. The first kappa shape index (κ1) is 14.3. The molecule has 0 spiro atoms. The Kier molecular flexibility index (Phi) is 3.88. The van der Waals surface area contributed by atoms with Gasteiger partial charge in [-0.3, -0.25) is 4.79 Å². The van der Waals surface area contributed by atoms with Gasteiger partial charge in [-0.25, -0.2) is 0 Å². The smallest absolute Gasteiger partial charge is 0.258 e. The van der Waals surface area contributed by atoms with E-state index in [0.29, 0.717) is 33.6 Å². The number of nitrogens with one attached hydrogen (secondary N) is 1. The number of aryl methyl sites for hydroxylation is 1. The molecule has 0 aliphatic rings. The second-order valence-electron chi connectivity index (χ2n) is 4.50. The van der Waals surface area contributed by atoms with Gasteiger partial charge >= 0.3 is 0 Å². The van der Waals surface area contributed by atoms with Crippen LogP contribution in [-0.4, -0.2) is 21.2 Å². The minimum Gasteiger partial charge on any atom is -0.361 e. The molecule has 3 rings (SSSR count). The van der Waals surface area contributed by atoms with E-state index in [1.165, 1.54) is 6.20 Å². The summed E-state index contributed by atoms with van der Waals surface area (Å²) in [4.78, 5) is 16.1. The van der Waals surface area contributed by atoms with E-state index in [1.54, 1.807) is 25.1 Å². The number of rotatable bonds is 4. The molecule has 0 bridgehead atoms. The molecule has 0 aliphatic heterocycles. The molecule has 2 aromatic heterocycles. The summed E-state index contributed by atoms with van der Waals surface area (Å²) >= 11 is 5.91. The van der Waals surface area contributed by atoms with Crippen molar-refractivity contribution in [1.29, 1.82) is 0 Å². The Bertz CT molecular complexity index is 812. The van der Waals surface area contributed by atoms with Gasteiger partial charge in [-0.2, -0.15) is 4.98 Å². The molecule has 2 heterocycles. The predicted octanol–water partition coefficient (Wildman–Crippen LogP) is 2.62. The average Bonchev–Trinajstić information content (AvgIpc) is 3.14. The molecule has 8 heteroatoms. The van der Waals surface area contributed by atoms with Gasteiger partial charge in [-0.05, 0) is 25.1 Å². The second-order valence-corrected chi connectivity index (χ2v) is 4.94. The van der Waals surface area contributed by atoms with Crippen LogP contribution in [0.1, 0.15) is 21.9 Å². The van der Waals surface area contributed by atoms with Crippen molar-refractivity contribution in [3.8, 4) is 11.5 Å². The van der Waals surface area contributed by atoms with Crippen molar-refractivity contribution in [1.82, 2.24) is 20.6 Å². The van der Waals surface area contributed by atoms with Crippen LogP contribution in [0.4, 0.5) is 0 Å². The Morgan fingerprint density at radius 3 is 2.95 bits per heavy atom. The zero-order valence-electron chi connectivity index (χ0n) is 11.5. The maximum Gasteiger partial charge on any atom is 0.258 e. The van der Waals surface area contributed by atoms with E-state index >= 15 is 0 Å². The van der Waals surface area contributed by atoms with Crippen molar-refractivity contribution >= 4 is 17.5 Å². The molecule has 0 saturated heterocycles. The number of nitrogens with zero attached hydrogens (tertiary/aromatic N) is 3. The second kappa shape index (κ2) is 5.98. The SMILES string of the molecule is Cc1oncc1C(=O)NCc1noc(-c2cccc(Cl)c2)n1. The maximum absolute atomic E-state index is 11.9. The lowest BCUT2D eigenvalue weighted by molar-refractivity contribution is 0.0948. The summed E-state index contributed by atoms with van der Waals surface area (Å²) in [6, 6.07) is 7.07. The summed E-state index contributed by atoms with van der Waals surface area (Å²) in [6.07, 6.45) is 1.36. The molecule has 3 aromatic rings. The standard InChI is InChI=1S/C14H11ClN4O3/c1-8-11(6-17-21-8)13(20)16-7-12-18-14(22-19-12)9-3-2-4-10(15)5-9/h2-6H,7H2,1H3,(H,16,20). The first-order valence-corrected chi connectivity index (χ1v) is 6.79. The Morgan fingerprint density at radius 2 is 2.23 bits per heavy atom. The van der Waals surface area contributed by atoms with Gasteiger partial charge in [0.1, 0.15) is 11.3 Å². The lowest BCUT2D eigenvalue weighted by atomic mass is 10.2. The first-order chi connectivity index (χ1) is 10.6. The van der Waals surface area contributed by atoms with Crippen LogP contribution >= 0.6 is 11.6 Å². The van der Waals surface area contributed by atoms with Gasteiger partial charge in [0.15, 0.2) is 5.82 Å². The Morgan fingerprint density at radius 1 is 1.36 bits per heavy atom. The summed E-state index contributed by atoms with van der Waals surface area (Å²) < 4.78 is 9.99. The van der Waals surface area contributed by atoms with Crippen molar-refractivity contribution in [3.05, 3.63) is 52.6 Å². The molecule has 112 valence electrons. The van der Waals surface area contributed by atoms with Gasteiger partial charge in [-0.1, -0.05) is 28.0 Å². The van der Waals surface area contributed by atoms with Crippen molar-refractivity contribution in [2.75, 3.05) is 0 Å². The summed E-state index contributed by atoms with van der Waals surface area (Å²) in [6.45, 7) is 1.79. The van der Waals surface area contributed by atoms with Gasteiger partial charge in [-0.15, -0.1) is 0 Å². The highest BCUT2D eigenvalue weighted by molar-refractivity contribution is 6.30. The highest BCUT2D eigenvalue weighted by atomic mass is 35.5. The van der Waals surface area contributed by atoms with Crippen molar-refractivity contribution in [2.24, 2.45) is 0 Å². The van der Waals surface area contributed by atoms with Crippen LogP contribution in [-0.2, 0) is 6.54 Å². The summed E-state index contributed by atoms with van der Waals surface area (Å²) in [5.74, 6) is 0.837. The highest BCUT2D eigenvalue weighted by Gasteiger charge is 2.14. The van der Waals surface area contributed by atoms with Gasteiger partial charge in [0.25, 0.3) is 11.8 Å². The summed E-state index contributed by atoms with van der Waals surface area (Å²) in [5.41, 5.74) is 1.09. The van der Waals surface area contributed by atoms with Crippen LogP contribution in [0.3, 0.4) is 0 Å². The number of hydrogen-bond acceptors (Lipinski definition) is 6. The molecule has 0 aliphatic carbocycles. The molecule has 0 radical (unpaired) electrons. The molecule has 0 fully saturated rings. The van der Waals surface area contributed by atoms with Crippen LogP contribution in [0.5, 0.6) is 0 Å². The Balaban J connectivity index is 1.67. The van der Waals surface area contributed by atoms with E-state index in [4.69, 9.17) is 20.6 Å². The van der Waals surface area contributed by atoms with Crippen molar-refractivity contribution < 1.29 is 13.8 Å². The number of amides is 1. The van der Waals surface area contributed by atoms with E-state index in [0.717, 1.165) is 0 Å². The van der Waals surface area contributed by atoms with Gasteiger partial charge in [0.2, 0.25) is 0 Å². The van der Waals surface area contributed by atoms with Gasteiger partial charge in [0.05, 0.1) is 12.7 Å². The number of carbonyl (C=O) groups is 1. The molecule has 1 amide bonds. The van der Waals surface area contributed by atoms with E-state index in [9.17, 15) is 4.79 Å². The fraction of sp³-hybridized carbons (Fsp3) is 0.143.